The number of carbonyl (C=O) groups is 1. The van der Waals surface area contributed by atoms with Crippen LogP contribution in [0.15, 0.2) is 36.5 Å². The maximum absolute atomic E-state index is 14.4. The SMILES string of the molecule is Cc1cc(-c2nn(-c3ccccc3F)cc2CNC[C@@H]2CC(=O)N(C3CC3)C2)c(C)s1. The van der Waals surface area contributed by atoms with E-state index in [-0.39, 0.29) is 5.82 Å². The molecule has 2 fully saturated rings. The molecule has 0 bridgehead atoms. The quantitative estimate of drug-likeness (QED) is 0.593. The van der Waals surface area contributed by atoms with Crippen molar-refractivity contribution in [2.24, 2.45) is 5.92 Å². The van der Waals surface area contributed by atoms with E-state index in [1.807, 2.05) is 12.3 Å². The molecule has 3 heterocycles. The second kappa shape index (κ2) is 8.20. The molecule has 0 spiro atoms. The van der Waals surface area contributed by atoms with Crippen LogP contribution in [0, 0.1) is 25.6 Å². The normalized spacial score (nSPS) is 18.9. The molecule has 5 nitrogen and oxygen atoms in total. The van der Waals surface area contributed by atoms with Gasteiger partial charge >= 0.3 is 0 Å². The van der Waals surface area contributed by atoms with Crippen molar-refractivity contribution in [2.75, 3.05) is 13.1 Å². The summed E-state index contributed by atoms with van der Waals surface area (Å²) in [6.45, 7) is 6.48. The Bertz CT molecular complexity index is 1120. The molecule has 1 aliphatic carbocycles. The Morgan fingerprint density at radius 3 is 2.77 bits per heavy atom. The fraction of sp³-hybridized carbons (Fsp3) is 0.417. The summed E-state index contributed by atoms with van der Waals surface area (Å²) in [5.41, 5.74) is 3.47. The van der Waals surface area contributed by atoms with E-state index in [1.54, 1.807) is 28.2 Å². The van der Waals surface area contributed by atoms with Gasteiger partial charge in [0.1, 0.15) is 11.5 Å². The molecule has 0 radical (unpaired) electrons. The fourth-order valence-corrected chi connectivity index (χ4v) is 5.41. The molecule has 2 aromatic heterocycles. The smallest absolute Gasteiger partial charge is 0.223 e. The minimum Gasteiger partial charge on any atom is -0.339 e. The third-order valence-corrected chi connectivity index (χ3v) is 7.13. The van der Waals surface area contributed by atoms with Crippen LogP contribution < -0.4 is 5.32 Å². The van der Waals surface area contributed by atoms with Gasteiger partial charge in [-0.05, 0) is 50.8 Å². The first-order valence-corrected chi connectivity index (χ1v) is 11.7. The number of para-hydroxylation sites is 1. The molecule has 1 N–H and O–H groups in total. The van der Waals surface area contributed by atoms with Gasteiger partial charge in [-0.25, -0.2) is 9.07 Å². The van der Waals surface area contributed by atoms with Crippen LogP contribution in [0.25, 0.3) is 16.9 Å². The Morgan fingerprint density at radius 1 is 1.26 bits per heavy atom. The largest absolute Gasteiger partial charge is 0.339 e. The standard InChI is InChI=1S/C24H27FN4OS/c1-15-9-20(16(2)31-15)24-18(14-29(27-24)22-6-4-3-5-21(22)25)12-26-11-17-10-23(30)28(13-17)19-7-8-19/h3-6,9,14,17,19,26H,7-8,10-13H2,1-2H3/t17-/m0/s1. The van der Waals surface area contributed by atoms with Gasteiger partial charge in [0.15, 0.2) is 0 Å². The van der Waals surface area contributed by atoms with Gasteiger partial charge in [-0.15, -0.1) is 11.3 Å². The lowest BCUT2D eigenvalue weighted by Gasteiger charge is -2.15. The molecule has 1 aromatic carbocycles. The van der Waals surface area contributed by atoms with Crippen LogP contribution in [0.3, 0.4) is 0 Å². The summed E-state index contributed by atoms with van der Waals surface area (Å²) >= 11 is 1.75. The Balaban J connectivity index is 1.36. The van der Waals surface area contributed by atoms with Crippen molar-refractivity contribution >= 4 is 17.2 Å². The molecule has 1 saturated heterocycles. The second-order valence-electron chi connectivity index (χ2n) is 8.70. The summed E-state index contributed by atoms with van der Waals surface area (Å²) in [7, 11) is 0. The van der Waals surface area contributed by atoms with Gasteiger partial charge in [-0.2, -0.15) is 5.10 Å². The maximum Gasteiger partial charge on any atom is 0.223 e. The molecule has 162 valence electrons. The number of hydrogen-bond acceptors (Lipinski definition) is 4. The van der Waals surface area contributed by atoms with E-state index >= 15 is 0 Å². The van der Waals surface area contributed by atoms with Crippen LogP contribution in [0.2, 0.25) is 0 Å². The average Bonchev–Trinajstić information content (AvgIpc) is 3.26. The van der Waals surface area contributed by atoms with E-state index in [0.717, 1.165) is 42.8 Å². The van der Waals surface area contributed by atoms with E-state index < -0.39 is 0 Å². The number of rotatable bonds is 7. The van der Waals surface area contributed by atoms with Crippen LogP contribution in [0.4, 0.5) is 4.39 Å². The zero-order valence-electron chi connectivity index (χ0n) is 17.9. The second-order valence-corrected chi connectivity index (χ2v) is 10.2. The molecule has 1 saturated carbocycles. The summed E-state index contributed by atoms with van der Waals surface area (Å²) in [5, 5.41) is 8.31. The third-order valence-electron chi connectivity index (χ3n) is 6.16. The van der Waals surface area contributed by atoms with Gasteiger partial charge in [0.25, 0.3) is 0 Å². The van der Waals surface area contributed by atoms with Crippen molar-refractivity contribution < 1.29 is 9.18 Å². The monoisotopic (exact) mass is 438 g/mol. The number of nitrogens with one attached hydrogen (secondary N) is 1. The first kappa shape index (κ1) is 20.4. The molecule has 1 aliphatic heterocycles. The summed E-state index contributed by atoms with van der Waals surface area (Å²) in [6.07, 6.45) is 4.87. The molecule has 31 heavy (non-hydrogen) atoms. The van der Waals surface area contributed by atoms with Crippen LogP contribution in [0.1, 0.15) is 34.6 Å². The number of aryl methyl sites for hydroxylation is 2. The minimum atomic E-state index is -0.293. The number of benzene rings is 1. The fourth-order valence-electron chi connectivity index (χ4n) is 4.49. The van der Waals surface area contributed by atoms with Gasteiger partial charge in [-0.1, -0.05) is 12.1 Å². The average molecular weight is 439 g/mol. The number of carbonyl (C=O) groups excluding carboxylic acids is 1. The van der Waals surface area contributed by atoms with Crippen molar-refractivity contribution in [1.82, 2.24) is 20.0 Å². The zero-order chi connectivity index (χ0) is 21.5. The number of halogens is 1. The predicted molar refractivity (Wildman–Crippen MR) is 121 cm³/mol. The van der Waals surface area contributed by atoms with Gasteiger partial charge in [-0.3, -0.25) is 4.79 Å². The molecule has 3 aromatic rings. The molecule has 0 unspecified atom stereocenters. The Hall–Kier alpha value is -2.51. The first-order valence-electron chi connectivity index (χ1n) is 10.9. The molecular weight excluding hydrogens is 411 g/mol. The molecule has 5 rings (SSSR count). The molecule has 7 heteroatoms. The highest BCUT2D eigenvalue weighted by Gasteiger charge is 2.38. The van der Waals surface area contributed by atoms with Crippen molar-refractivity contribution in [1.29, 1.82) is 0 Å². The number of nitrogens with zero attached hydrogens (tertiary/aromatic N) is 3. The van der Waals surface area contributed by atoms with Gasteiger partial charge in [0, 0.05) is 59.2 Å². The number of likely N-dealkylation sites (tertiary alicyclic amines) is 1. The molecule has 1 atom stereocenters. The van der Waals surface area contributed by atoms with E-state index in [0.29, 0.717) is 36.5 Å². The van der Waals surface area contributed by atoms with Crippen LogP contribution in [0.5, 0.6) is 0 Å². The number of amides is 1. The topological polar surface area (TPSA) is 50.2 Å². The summed E-state index contributed by atoms with van der Waals surface area (Å²) in [4.78, 5) is 16.7. The molecular formula is C24H27FN4OS. The van der Waals surface area contributed by atoms with Crippen molar-refractivity contribution in [3.63, 3.8) is 0 Å². The van der Waals surface area contributed by atoms with Crippen LogP contribution >= 0.6 is 11.3 Å². The van der Waals surface area contributed by atoms with Crippen LogP contribution in [-0.2, 0) is 11.3 Å². The van der Waals surface area contributed by atoms with Crippen molar-refractivity contribution in [2.45, 2.75) is 45.7 Å². The first-order chi connectivity index (χ1) is 15.0. The van der Waals surface area contributed by atoms with E-state index in [2.05, 4.69) is 30.1 Å². The van der Waals surface area contributed by atoms with Gasteiger partial charge < -0.3 is 10.2 Å². The number of aromatic nitrogens is 2. The van der Waals surface area contributed by atoms with E-state index in [4.69, 9.17) is 5.10 Å². The Kier molecular flexibility index (Phi) is 5.40. The summed E-state index contributed by atoms with van der Waals surface area (Å²) < 4.78 is 16.0. The minimum absolute atomic E-state index is 0.293. The van der Waals surface area contributed by atoms with Gasteiger partial charge in [0.2, 0.25) is 5.91 Å². The Morgan fingerprint density at radius 2 is 2.06 bits per heavy atom. The van der Waals surface area contributed by atoms with Crippen molar-refractivity contribution in [3.8, 4) is 16.9 Å². The maximum atomic E-state index is 14.4. The van der Waals surface area contributed by atoms with E-state index in [1.165, 1.54) is 15.8 Å². The lowest BCUT2D eigenvalue weighted by molar-refractivity contribution is -0.128. The summed E-state index contributed by atoms with van der Waals surface area (Å²) in [6, 6.07) is 9.35. The predicted octanol–water partition coefficient (Wildman–Crippen LogP) is 4.46. The van der Waals surface area contributed by atoms with Gasteiger partial charge in [0.05, 0.1) is 5.69 Å². The van der Waals surface area contributed by atoms with E-state index in [9.17, 15) is 9.18 Å². The number of hydrogen-bond donors (Lipinski definition) is 1. The highest BCUT2D eigenvalue weighted by Crippen LogP contribution is 2.34. The zero-order valence-corrected chi connectivity index (χ0v) is 18.7. The lowest BCUT2D eigenvalue weighted by atomic mass is 10.1. The molecule has 1 amide bonds. The highest BCUT2D eigenvalue weighted by atomic mass is 32.1. The highest BCUT2D eigenvalue weighted by molar-refractivity contribution is 7.12. The van der Waals surface area contributed by atoms with Crippen LogP contribution in [-0.4, -0.2) is 39.7 Å². The number of thiophene rings is 1. The molecule has 2 aliphatic rings. The van der Waals surface area contributed by atoms with Crippen molar-refractivity contribution in [3.05, 3.63) is 57.7 Å². The lowest BCUT2D eigenvalue weighted by Crippen LogP contribution is -2.29. The third kappa shape index (κ3) is 4.16. The Labute approximate surface area is 185 Å². The summed E-state index contributed by atoms with van der Waals surface area (Å²) in [5.74, 6) is 0.356.